The van der Waals surface area contributed by atoms with Crippen LogP contribution in [0.25, 0.3) is 0 Å². The molecule has 2 heterocycles. The van der Waals surface area contributed by atoms with E-state index in [9.17, 15) is 4.79 Å². The van der Waals surface area contributed by atoms with E-state index < -0.39 is 0 Å². The Morgan fingerprint density at radius 2 is 2.35 bits per heavy atom. The van der Waals surface area contributed by atoms with Crippen LogP contribution in [0.2, 0.25) is 0 Å². The number of nitrogens with zero attached hydrogens (tertiary/aromatic N) is 3. The van der Waals surface area contributed by atoms with Crippen LogP contribution >= 0.6 is 0 Å². The van der Waals surface area contributed by atoms with Gasteiger partial charge in [-0.15, -0.1) is 0 Å². The molecule has 1 saturated heterocycles. The van der Waals surface area contributed by atoms with E-state index in [0.29, 0.717) is 5.78 Å². The molecular formula is C13H19N3O. The number of carbonyl (C=O) groups is 1. The molecule has 1 aromatic rings. The van der Waals surface area contributed by atoms with Gasteiger partial charge in [-0.3, -0.25) is 4.79 Å². The van der Waals surface area contributed by atoms with Gasteiger partial charge in [-0.2, -0.15) is 0 Å². The molecule has 0 spiro atoms. The van der Waals surface area contributed by atoms with Crippen LogP contribution in [0.1, 0.15) is 32.4 Å². The van der Waals surface area contributed by atoms with Crippen molar-refractivity contribution >= 4 is 11.6 Å². The van der Waals surface area contributed by atoms with Gasteiger partial charge in [-0.1, -0.05) is 6.92 Å². The lowest BCUT2D eigenvalue weighted by Gasteiger charge is -2.32. The zero-order chi connectivity index (χ0) is 12.3. The third-order valence-electron chi connectivity index (χ3n) is 3.39. The summed E-state index contributed by atoms with van der Waals surface area (Å²) in [5.74, 6) is 1.42. The molecule has 0 amide bonds. The number of ketones is 1. The molecule has 1 unspecified atom stereocenters. The minimum Gasteiger partial charge on any atom is -0.356 e. The number of hydrogen-bond acceptors (Lipinski definition) is 4. The normalized spacial score (nSPS) is 20.4. The molecule has 1 aliphatic heterocycles. The van der Waals surface area contributed by atoms with E-state index in [4.69, 9.17) is 0 Å². The molecule has 17 heavy (non-hydrogen) atoms. The Bertz CT molecular complexity index is 405. The van der Waals surface area contributed by atoms with Gasteiger partial charge in [0.1, 0.15) is 17.9 Å². The van der Waals surface area contributed by atoms with Crippen LogP contribution in [-0.2, 0) is 11.2 Å². The van der Waals surface area contributed by atoms with Crippen molar-refractivity contribution in [3.63, 3.8) is 0 Å². The highest BCUT2D eigenvalue weighted by atomic mass is 16.1. The molecule has 4 nitrogen and oxygen atoms in total. The topological polar surface area (TPSA) is 46.1 Å². The van der Waals surface area contributed by atoms with Gasteiger partial charge in [0.2, 0.25) is 0 Å². The Morgan fingerprint density at radius 1 is 1.53 bits per heavy atom. The van der Waals surface area contributed by atoms with Crippen molar-refractivity contribution in [3.05, 3.63) is 18.1 Å². The molecule has 1 fully saturated rings. The van der Waals surface area contributed by atoms with Crippen molar-refractivity contribution in [3.8, 4) is 0 Å². The molecule has 0 aliphatic carbocycles. The van der Waals surface area contributed by atoms with E-state index in [0.717, 1.165) is 43.9 Å². The van der Waals surface area contributed by atoms with Crippen LogP contribution in [-0.4, -0.2) is 28.8 Å². The first kappa shape index (κ1) is 12.0. The predicted molar refractivity (Wildman–Crippen MR) is 67.0 cm³/mol. The number of hydrogen-bond donors (Lipinski definition) is 0. The van der Waals surface area contributed by atoms with Crippen LogP contribution in [0, 0.1) is 5.92 Å². The maximum absolute atomic E-state index is 11.4. The zero-order valence-corrected chi connectivity index (χ0v) is 10.5. The fraction of sp³-hybridized carbons (Fsp3) is 0.615. The average molecular weight is 233 g/mol. The molecular weight excluding hydrogens is 214 g/mol. The molecule has 1 aliphatic rings. The molecule has 4 heteroatoms. The highest BCUT2D eigenvalue weighted by Crippen LogP contribution is 2.22. The summed E-state index contributed by atoms with van der Waals surface area (Å²) in [7, 11) is 0. The summed E-state index contributed by atoms with van der Waals surface area (Å²) in [4.78, 5) is 22.2. The third-order valence-corrected chi connectivity index (χ3v) is 3.39. The minimum absolute atomic E-state index is 0.170. The highest BCUT2D eigenvalue weighted by Gasteiger charge is 2.23. The summed E-state index contributed by atoms with van der Waals surface area (Å²) in [6, 6.07) is 2.03. The Kier molecular flexibility index (Phi) is 3.71. The Balaban J connectivity index is 2.13. The third kappa shape index (κ3) is 2.81. The number of Topliss-reactive ketones (excluding diaryl/α,β-unsaturated/α-hetero) is 1. The van der Waals surface area contributed by atoms with Gasteiger partial charge in [0.15, 0.2) is 0 Å². The maximum Gasteiger partial charge on any atom is 0.134 e. The first-order valence-corrected chi connectivity index (χ1v) is 6.27. The first-order chi connectivity index (χ1) is 8.20. The molecule has 92 valence electrons. The summed E-state index contributed by atoms with van der Waals surface area (Å²) in [5.41, 5.74) is 1.06. The summed E-state index contributed by atoms with van der Waals surface area (Å²) < 4.78 is 0. The van der Waals surface area contributed by atoms with E-state index in [-0.39, 0.29) is 5.92 Å². The van der Waals surface area contributed by atoms with E-state index >= 15 is 0 Å². The van der Waals surface area contributed by atoms with Gasteiger partial charge in [-0.25, -0.2) is 9.97 Å². The van der Waals surface area contributed by atoms with E-state index in [1.54, 1.807) is 13.3 Å². The number of anilines is 1. The van der Waals surface area contributed by atoms with Gasteiger partial charge < -0.3 is 4.90 Å². The van der Waals surface area contributed by atoms with Crippen LogP contribution in [0.15, 0.2) is 12.4 Å². The van der Waals surface area contributed by atoms with Gasteiger partial charge >= 0.3 is 0 Å². The number of aryl methyl sites for hydroxylation is 1. The molecule has 0 bridgehead atoms. The molecule has 1 atom stereocenters. The molecule has 1 aromatic heterocycles. The molecule has 2 rings (SSSR count). The maximum atomic E-state index is 11.4. The summed E-state index contributed by atoms with van der Waals surface area (Å²) in [5, 5.41) is 0. The summed E-state index contributed by atoms with van der Waals surface area (Å²) in [6.07, 6.45) is 4.61. The van der Waals surface area contributed by atoms with Crippen molar-refractivity contribution in [2.45, 2.75) is 33.1 Å². The quantitative estimate of drug-likeness (QED) is 0.799. The molecule has 0 aromatic carbocycles. The van der Waals surface area contributed by atoms with E-state index in [1.807, 2.05) is 6.07 Å². The first-order valence-electron chi connectivity index (χ1n) is 6.27. The van der Waals surface area contributed by atoms with Gasteiger partial charge in [-0.05, 0) is 26.2 Å². The molecule has 0 radical (unpaired) electrons. The second-order valence-corrected chi connectivity index (χ2v) is 4.62. The van der Waals surface area contributed by atoms with E-state index in [1.165, 1.54) is 0 Å². The minimum atomic E-state index is 0.170. The lowest BCUT2D eigenvalue weighted by Crippen LogP contribution is -2.38. The lowest BCUT2D eigenvalue weighted by molar-refractivity contribution is -0.120. The van der Waals surface area contributed by atoms with Crippen LogP contribution in [0.5, 0.6) is 0 Å². The summed E-state index contributed by atoms with van der Waals surface area (Å²) >= 11 is 0. The van der Waals surface area contributed by atoms with Crippen molar-refractivity contribution in [1.82, 2.24) is 9.97 Å². The SMILES string of the molecule is CCc1cc(N2CCCC(C(C)=O)C2)ncn1. The monoisotopic (exact) mass is 233 g/mol. The fourth-order valence-electron chi connectivity index (χ4n) is 2.27. The molecule has 0 N–H and O–H groups in total. The fourth-order valence-corrected chi connectivity index (χ4v) is 2.27. The number of rotatable bonds is 3. The largest absolute Gasteiger partial charge is 0.356 e. The zero-order valence-electron chi connectivity index (χ0n) is 10.5. The highest BCUT2D eigenvalue weighted by molar-refractivity contribution is 5.79. The van der Waals surface area contributed by atoms with Crippen molar-refractivity contribution in [1.29, 1.82) is 0 Å². The lowest BCUT2D eigenvalue weighted by atomic mass is 9.94. The number of carbonyl (C=O) groups excluding carboxylic acids is 1. The Labute approximate surface area is 102 Å². The Hall–Kier alpha value is -1.45. The summed E-state index contributed by atoms with van der Waals surface area (Å²) in [6.45, 7) is 5.56. The van der Waals surface area contributed by atoms with Crippen LogP contribution in [0.3, 0.4) is 0 Å². The van der Waals surface area contributed by atoms with Crippen LogP contribution < -0.4 is 4.90 Å². The average Bonchev–Trinajstić information content (AvgIpc) is 2.39. The van der Waals surface area contributed by atoms with Gasteiger partial charge in [0.25, 0.3) is 0 Å². The molecule has 0 saturated carbocycles. The second-order valence-electron chi connectivity index (χ2n) is 4.62. The predicted octanol–water partition coefficient (Wildman–Crippen LogP) is 1.84. The van der Waals surface area contributed by atoms with Crippen molar-refractivity contribution in [2.75, 3.05) is 18.0 Å². The number of piperidine rings is 1. The standard InChI is InChI=1S/C13H19N3O/c1-3-12-7-13(15-9-14-12)16-6-4-5-11(8-16)10(2)17/h7,9,11H,3-6,8H2,1-2H3. The number of aromatic nitrogens is 2. The van der Waals surface area contributed by atoms with Crippen LogP contribution in [0.4, 0.5) is 5.82 Å². The van der Waals surface area contributed by atoms with Crippen molar-refractivity contribution < 1.29 is 4.79 Å². The van der Waals surface area contributed by atoms with Gasteiger partial charge in [0, 0.05) is 30.8 Å². The second kappa shape index (κ2) is 5.25. The smallest absolute Gasteiger partial charge is 0.134 e. The van der Waals surface area contributed by atoms with Crippen molar-refractivity contribution in [2.24, 2.45) is 5.92 Å². The Morgan fingerprint density at radius 3 is 3.06 bits per heavy atom. The van der Waals surface area contributed by atoms with E-state index in [2.05, 4.69) is 21.8 Å². The van der Waals surface area contributed by atoms with Gasteiger partial charge in [0.05, 0.1) is 0 Å².